The Labute approximate surface area is 120 Å². The molecule has 1 aromatic heterocycles. The van der Waals surface area contributed by atoms with Crippen molar-refractivity contribution in [3.63, 3.8) is 0 Å². The highest BCUT2D eigenvalue weighted by Gasteiger charge is 2.30. The predicted octanol–water partition coefficient (Wildman–Crippen LogP) is 1.50. The first-order valence-electron chi connectivity index (χ1n) is 6.36. The second kappa shape index (κ2) is 6.50. The predicted molar refractivity (Wildman–Crippen MR) is 74.5 cm³/mol. The summed E-state index contributed by atoms with van der Waals surface area (Å²) < 4.78 is 0. The molecule has 6 nitrogen and oxygen atoms in total. The lowest BCUT2D eigenvalue weighted by Crippen LogP contribution is -2.37. The van der Waals surface area contributed by atoms with Crippen LogP contribution < -0.4 is 5.32 Å². The number of carbonyl (C=O) groups is 2. The van der Waals surface area contributed by atoms with E-state index in [-0.39, 0.29) is 12.3 Å². The van der Waals surface area contributed by atoms with Crippen molar-refractivity contribution in [3.8, 4) is 6.07 Å². The first-order valence-corrected chi connectivity index (χ1v) is 7.24. The second-order valence-electron chi connectivity index (χ2n) is 4.61. The SMILES string of the molecule is N#Cc1ccsc1NC(=O)CCN1CCCC1C(=O)O. The van der Waals surface area contributed by atoms with Crippen LogP contribution in [0.4, 0.5) is 5.00 Å². The summed E-state index contributed by atoms with van der Waals surface area (Å²) in [6.45, 7) is 1.14. The molecule has 1 fully saturated rings. The number of thiophene rings is 1. The highest BCUT2D eigenvalue weighted by atomic mass is 32.1. The summed E-state index contributed by atoms with van der Waals surface area (Å²) in [5.74, 6) is -1.02. The van der Waals surface area contributed by atoms with Gasteiger partial charge in [-0.15, -0.1) is 11.3 Å². The summed E-state index contributed by atoms with van der Waals surface area (Å²) in [4.78, 5) is 24.7. The third-order valence-corrected chi connectivity index (χ3v) is 4.14. The number of hydrogen-bond acceptors (Lipinski definition) is 5. The Kier molecular flexibility index (Phi) is 4.71. The molecule has 1 atom stereocenters. The van der Waals surface area contributed by atoms with E-state index in [1.165, 1.54) is 11.3 Å². The second-order valence-corrected chi connectivity index (χ2v) is 5.52. The van der Waals surface area contributed by atoms with Gasteiger partial charge in [-0.3, -0.25) is 14.5 Å². The van der Waals surface area contributed by atoms with Crippen molar-refractivity contribution >= 4 is 28.2 Å². The van der Waals surface area contributed by atoms with Gasteiger partial charge >= 0.3 is 5.97 Å². The van der Waals surface area contributed by atoms with Crippen LogP contribution in [0.1, 0.15) is 24.8 Å². The van der Waals surface area contributed by atoms with E-state index in [1.807, 2.05) is 11.0 Å². The minimum absolute atomic E-state index is 0.194. The van der Waals surface area contributed by atoms with Crippen molar-refractivity contribution < 1.29 is 14.7 Å². The van der Waals surface area contributed by atoms with E-state index in [0.29, 0.717) is 30.1 Å². The smallest absolute Gasteiger partial charge is 0.320 e. The summed E-state index contributed by atoms with van der Waals surface area (Å²) in [5.41, 5.74) is 0.452. The van der Waals surface area contributed by atoms with E-state index >= 15 is 0 Å². The van der Waals surface area contributed by atoms with Gasteiger partial charge in [-0.05, 0) is 30.8 Å². The maximum absolute atomic E-state index is 11.8. The Balaban J connectivity index is 1.84. The fraction of sp³-hybridized carbons (Fsp3) is 0.462. The number of nitriles is 1. The van der Waals surface area contributed by atoms with Crippen molar-refractivity contribution in [2.24, 2.45) is 0 Å². The normalized spacial score (nSPS) is 18.6. The van der Waals surface area contributed by atoms with E-state index in [4.69, 9.17) is 10.4 Å². The number of carbonyl (C=O) groups excluding carboxylic acids is 1. The fourth-order valence-electron chi connectivity index (χ4n) is 2.30. The van der Waals surface area contributed by atoms with Crippen molar-refractivity contribution in [1.29, 1.82) is 5.26 Å². The van der Waals surface area contributed by atoms with Gasteiger partial charge < -0.3 is 10.4 Å². The molecule has 0 aliphatic carbocycles. The maximum atomic E-state index is 11.8. The number of amides is 1. The lowest BCUT2D eigenvalue weighted by molar-refractivity contribution is -0.142. The summed E-state index contributed by atoms with van der Waals surface area (Å²) in [7, 11) is 0. The van der Waals surface area contributed by atoms with Gasteiger partial charge in [0.15, 0.2) is 0 Å². The molecule has 0 aromatic carbocycles. The Hall–Kier alpha value is -1.91. The first-order chi connectivity index (χ1) is 9.61. The fourth-order valence-corrected chi connectivity index (χ4v) is 3.06. The van der Waals surface area contributed by atoms with Crippen LogP contribution in [0.15, 0.2) is 11.4 Å². The van der Waals surface area contributed by atoms with Gasteiger partial charge in [0.05, 0.1) is 5.56 Å². The van der Waals surface area contributed by atoms with Crippen LogP contribution in [0, 0.1) is 11.3 Å². The number of carboxylic acids is 1. The van der Waals surface area contributed by atoms with Crippen LogP contribution in [0.3, 0.4) is 0 Å². The first kappa shape index (κ1) is 14.5. The number of aliphatic carboxylic acids is 1. The Bertz CT molecular complexity index is 549. The molecular formula is C13H15N3O3S. The number of nitrogens with one attached hydrogen (secondary N) is 1. The molecule has 1 unspecified atom stereocenters. The number of anilines is 1. The van der Waals surface area contributed by atoms with Crippen molar-refractivity contribution in [2.75, 3.05) is 18.4 Å². The van der Waals surface area contributed by atoms with Gasteiger partial charge in [0, 0.05) is 13.0 Å². The Morgan fingerprint density at radius 2 is 2.40 bits per heavy atom. The van der Waals surface area contributed by atoms with Crippen molar-refractivity contribution in [1.82, 2.24) is 4.90 Å². The number of nitrogens with zero attached hydrogens (tertiary/aromatic N) is 2. The molecule has 1 saturated heterocycles. The van der Waals surface area contributed by atoms with Crippen LogP contribution in [-0.4, -0.2) is 41.0 Å². The van der Waals surface area contributed by atoms with Crippen molar-refractivity contribution in [2.45, 2.75) is 25.3 Å². The van der Waals surface area contributed by atoms with Gasteiger partial charge in [0.1, 0.15) is 17.1 Å². The molecule has 1 aliphatic heterocycles. The summed E-state index contributed by atoms with van der Waals surface area (Å²) in [5, 5.41) is 22.9. The topological polar surface area (TPSA) is 93.4 Å². The third kappa shape index (κ3) is 3.35. The van der Waals surface area contributed by atoms with Gasteiger partial charge in [0.2, 0.25) is 5.91 Å². The van der Waals surface area contributed by atoms with E-state index in [1.54, 1.807) is 11.4 Å². The molecule has 2 heterocycles. The van der Waals surface area contributed by atoms with Crippen LogP contribution in [0.25, 0.3) is 0 Å². The molecule has 2 rings (SSSR count). The maximum Gasteiger partial charge on any atom is 0.320 e. The Morgan fingerprint density at radius 3 is 3.10 bits per heavy atom. The Morgan fingerprint density at radius 1 is 1.60 bits per heavy atom. The van der Waals surface area contributed by atoms with E-state index in [2.05, 4.69) is 5.32 Å². The van der Waals surface area contributed by atoms with Gasteiger partial charge in [-0.2, -0.15) is 5.26 Å². The van der Waals surface area contributed by atoms with Crippen LogP contribution in [-0.2, 0) is 9.59 Å². The minimum Gasteiger partial charge on any atom is -0.480 e. The molecule has 0 bridgehead atoms. The third-order valence-electron chi connectivity index (χ3n) is 3.31. The molecule has 2 N–H and O–H groups in total. The van der Waals surface area contributed by atoms with E-state index in [0.717, 1.165) is 6.42 Å². The zero-order valence-electron chi connectivity index (χ0n) is 10.8. The quantitative estimate of drug-likeness (QED) is 0.858. The monoisotopic (exact) mass is 293 g/mol. The summed E-state index contributed by atoms with van der Waals surface area (Å²) in [6.07, 6.45) is 1.72. The highest BCUT2D eigenvalue weighted by molar-refractivity contribution is 7.14. The largest absolute Gasteiger partial charge is 0.480 e. The number of hydrogen-bond donors (Lipinski definition) is 2. The van der Waals surface area contributed by atoms with E-state index in [9.17, 15) is 9.59 Å². The molecule has 0 saturated carbocycles. The lowest BCUT2D eigenvalue weighted by atomic mass is 10.2. The van der Waals surface area contributed by atoms with Gasteiger partial charge in [0.25, 0.3) is 0 Å². The average Bonchev–Trinajstić information content (AvgIpc) is 3.04. The number of rotatable bonds is 5. The average molecular weight is 293 g/mol. The molecule has 1 amide bonds. The molecule has 7 heteroatoms. The van der Waals surface area contributed by atoms with E-state index < -0.39 is 12.0 Å². The van der Waals surface area contributed by atoms with Gasteiger partial charge in [-0.1, -0.05) is 0 Å². The number of carboxylic acid groups (broad SMARTS) is 1. The minimum atomic E-state index is -0.826. The summed E-state index contributed by atoms with van der Waals surface area (Å²) in [6, 6.07) is 3.19. The van der Waals surface area contributed by atoms with Crippen LogP contribution in [0.2, 0.25) is 0 Å². The molecule has 1 aliphatic rings. The van der Waals surface area contributed by atoms with Gasteiger partial charge in [-0.25, -0.2) is 0 Å². The molecular weight excluding hydrogens is 278 g/mol. The molecule has 20 heavy (non-hydrogen) atoms. The van der Waals surface area contributed by atoms with Crippen molar-refractivity contribution in [3.05, 3.63) is 17.0 Å². The summed E-state index contributed by atoms with van der Waals surface area (Å²) >= 11 is 1.30. The highest BCUT2D eigenvalue weighted by Crippen LogP contribution is 2.22. The standard InChI is InChI=1S/C13H15N3O3S/c14-8-9-4-7-20-12(9)15-11(17)3-6-16-5-1-2-10(16)13(18)19/h4,7,10H,1-3,5-6H2,(H,15,17)(H,18,19). The van der Waals surface area contributed by atoms with Crippen LogP contribution >= 0.6 is 11.3 Å². The zero-order chi connectivity index (χ0) is 14.5. The molecule has 106 valence electrons. The molecule has 0 radical (unpaired) electrons. The molecule has 1 aromatic rings. The van der Waals surface area contributed by atoms with Crippen LogP contribution in [0.5, 0.6) is 0 Å². The number of likely N-dealkylation sites (tertiary alicyclic amines) is 1. The molecule has 0 spiro atoms. The zero-order valence-corrected chi connectivity index (χ0v) is 11.7. The lowest BCUT2D eigenvalue weighted by Gasteiger charge is -2.20.